The molecule has 0 aromatic heterocycles. The van der Waals surface area contributed by atoms with Gasteiger partial charge in [0.05, 0.1) is 22.5 Å². The van der Waals surface area contributed by atoms with E-state index in [1.165, 1.54) is 4.91 Å². The van der Waals surface area contributed by atoms with Crippen molar-refractivity contribution in [2.24, 2.45) is 0 Å². The minimum atomic E-state index is 0.611. The monoisotopic (exact) mass is 301 g/mol. The molecule has 1 aromatic rings. The molecule has 0 spiro atoms. The second-order valence-corrected chi connectivity index (χ2v) is 6.19. The SMILES string of the molecule is Clc1cccc(CN2CSC3=C2OCCC3)c1Cl. The largest absolute Gasteiger partial charge is 0.478 e. The van der Waals surface area contributed by atoms with Crippen LogP contribution < -0.4 is 0 Å². The van der Waals surface area contributed by atoms with Gasteiger partial charge in [0.25, 0.3) is 0 Å². The lowest BCUT2D eigenvalue weighted by molar-refractivity contribution is 0.109. The summed E-state index contributed by atoms with van der Waals surface area (Å²) in [6, 6.07) is 5.76. The predicted octanol–water partition coefficient (Wildman–Crippen LogP) is 4.48. The Hall–Kier alpha value is -0.510. The first-order valence-corrected chi connectivity index (χ1v) is 7.66. The first-order valence-electron chi connectivity index (χ1n) is 5.92. The highest BCUT2D eigenvalue weighted by Crippen LogP contribution is 2.39. The fourth-order valence-electron chi connectivity index (χ4n) is 2.20. The standard InChI is InChI=1S/C13H13Cl2NOS/c14-10-4-1-3-9(12(10)15)7-16-8-18-11-5-2-6-17-13(11)16/h1,3-4H,2,5-8H2. The summed E-state index contributed by atoms with van der Waals surface area (Å²) in [5, 5.41) is 1.26. The third-order valence-corrected chi connectivity index (χ3v) is 5.13. The van der Waals surface area contributed by atoms with Gasteiger partial charge in [-0.2, -0.15) is 0 Å². The van der Waals surface area contributed by atoms with E-state index in [1.807, 2.05) is 30.0 Å². The topological polar surface area (TPSA) is 12.5 Å². The van der Waals surface area contributed by atoms with Crippen LogP contribution in [0.2, 0.25) is 10.0 Å². The van der Waals surface area contributed by atoms with E-state index < -0.39 is 0 Å². The summed E-state index contributed by atoms with van der Waals surface area (Å²) in [5.41, 5.74) is 1.05. The Kier molecular flexibility index (Phi) is 3.64. The molecule has 3 rings (SSSR count). The number of halogens is 2. The van der Waals surface area contributed by atoms with Crippen LogP contribution >= 0.6 is 35.0 Å². The van der Waals surface area contributed by atoms with Crippen LogP contribution in [0.3, 0.4) is 0 Å². The maximum Gasteiger partial charge on any atom is 0.200 e. The molecule has 0 saturated heterocycles. The average molecular weight is 302 g/mol. The van der Waals surface area contributed by atoms with E-state index in [2.05, 4.69) is 4.90 Å². The van der Waals surface area contributed by atoms with E-state index in [0.717, 1.165) is 43.3 Å². The van der Waals surface area contributed by atoms with E-state index in [4.69, 9.17) is 27.9 Å². The van der Waals surface area contributed by atoms with Crippen LogP contribution in [-0.4, -0.2) is 17.4 Å². The maximum absolute atomic E-state index is 6.22. The van der Waals surface area contributed by atoms with E-state index >= 15 is 0 Å². The van der Waals surface area contributed by atoms with Gasteiger partial charge in [0, 0.05) is 11.4 Å². The molecule has 0 aliphatic carbocycles. The zero-order valence-corrected chi connectivity index (χ0v) is 12.1. The van der Waals surface area contributed by atoms with Crippen molar-refractivity contribution in [3.63, 3.8) is 0 Å². The average Bonchev–Trinajstić information content (AvgIpc) is 2.79. The van der Waals surface area contributed by atoms with Gasteiger partial charge in [-0.15, -0.1) is 11.8 Å². The Balaban J connectivity index is 1.81. The molecule has 0 atom stereocenters. The highest BCUT2D eigenvalue weighted by atomic mass is 35.5. The van der Waals surface area contributed by atoms with Crippen molar-refractivity contribution in [1.82, 2.24) is 4.90 Å². The van der Waals surface area contributed by atoms with Crippen LogP contribution in [-0.2, 0) is 11.3 Å². The lowest BCUT2D eigenvalue weighted by atomic mass is 10.2. The summed E-state index contributed by atoms with van der Waals surface area (Å²) in [5.74, 6) is 1.98. The van der Waals surface area contributed by atoms with Crippen LogP contribution in [0.5, 0.6) is 0 Å². The van der Waals surface area contributed by atoms with E-state index in [9.17, 15) is 0 Å². The molecule has 2 aliphatic rings. The van der Waals surface area contributed by atoms with Gasteiger partial charge in [-0.25, -0.2) is 0 Å². The van der Waals surface area contributed by atoms with Crippen LogP contribution in [0.1, 0.15) is 18.4 Å². The predicted molar refractivity (Wildman–Crippen MR) is 76.7 cm³/mol. The van der Waals surface area contributed by atoms with E-state index in [-0.39, 0.29) is 0 Å². The number of nitrogens with zero attached hydrogens (tertiary/aromatic N) is 1. The van der Waals surface area contributed by atoms with Gasteiger partial charge in [0.2, 0.25) is 0 Å². The van der Waals surface area contributed by atoms with Crippen molar-refractivity contribution < 1.29 is 4.74 Å². The van der Waals surface area contributed by atoms with Crippen molar-refractivity contribution in [1.29, 1.82) is 0 Å². The summed E-state index contributed by atoms with van der Waals surface area (Å²) >= 11 is 14.1. The smallest absolute Gasteiger partial charge is 0.200 e. The molecule has 96 valence electrons. The molecule has 0 radical (unpaired) electrons. The highest BCUT2D eigenvalue weighted by Gasteiger charge is 2.27. The molecule has 0 N–H and O–H groups in total. The number of benzene rings is 1. The Labute approximate surface area is 121 Å². The first kappa shape index (κ1) is 12.5. The summed E-state index contributed by atoms with van der Waals surface area (Å²) in [6.07, 6.45) is 2.26. The van der Waals surface area contributed by atoms with Gasteiger partial charge in [-0.1, -0.05) is 35.3 Å². The number of hydrogen-bond donors (Lipinski definition) is 0. The number of thioether (sulfide) groups is 1. The first-order chi connectivity index (χ1) is 8.75. The van der Waals surface area contributed by atoms with Gasteiger partial charge in [-0.3, -0.25) is 0 Å². The Bertz CT molecular complexity index is 504. The molecule has 18 heavy (non-hydrogen) atoms. The third kappa shape index (κ3) is 2.31. The minimum absolute atomic E-state index is 0.611. The minimum Gasteiger partial charge on any atom is -0.478 e. The summed E-state index contributed by atoms with van der Waals surface area (Å²) in [7, 11) is 0. The van der Waals surface area contributed by atoms with Crippen molar-refractivity contribution in [2.75, 3.05) is 12.5 Å². The van der Waals surface area contributed by atoms with Crippen LogP contribution in [0.25, 0.3) is 0 Å². The van der Waals surface area contributed by atoms with Crippen LogP contribution in [0.4, 0.5) is 0 Å². The van der Waals surface area contributed by atoms with Crippen LogP contribution in [0, 0.1) is 0 Å². The normalized spacial score (nSPS) is 18.9. The number of allylic oxidation sites excluding steroid dienone is 1. The molecule has 0 amide bonds. The molecule has 0 bridgehead atoms. The molecule has 2 aliphatic heterocycles. The second kappa shape index (κ2) is 5.24. The molecule has 2 nitrogen and oxygen atoms in total. The lowest BCUT2D eigenvalue weighted by Gasteiger charge is -2.24. The number of hydrogen-bond acceptors (Lipinski definition) is 3. The molecular weight excluding hydrogens is 289 g/mol. The number of rotatable bonds is 2. The van der Waals surface area contributed by atoms with Crippen molar-refractivity contribution in [3.05, 3.63) is 44.6 Å². The molecule has 1 aromatic carbocycles. The fourth-order valence-corrected chi connectivity index (χ4v) is 3.70. The van der Waals surface area contributed by atoms with Crippen molar-refractivity contribution in [2.45, 2.75) is 19.4 Å². The Morgan fingerprint density at radius 2 is 2.22 bits per heavy atom. The van der Waals surface area contributed by atoms with Crippen LogP contribution in [0.15, 0.2) is 29.0 Å². The zero-order chi connectivity index (χ0) is 12.5. The van der Waals surface area contributed by atoms with Gasteiger partial charge < -0.3 is 9.64 Å². The molecule has 0 fully saturated rings. The summed E-state index contributed by atoms with van der Waals surface area (Å²) in [4.78, 5) is 3.61. The quantitative estimate of drug-likeness (QED) is 0.799. The molecule has 0 unspecified atom stereocenters. The zero-order valence-electron chi connectivity index (χ0n) is 9.79. The lowest BCUT2D eigenvalue weighted by Crippen LogP contribution is -2.22. The molecule has 0 saturated carbocycles. The van der Waals surface area contributed by atoms with E-state index in [0.29, 0.717) is 10.0 Å². The van der Waals surface area contributed by atoms with Gasteiger partial charge in [0.1, 0.15) is 0 Å². The van der Waals surface area contributed by atoms with Crippen molar-refractivity contribution in [3.8, 4) is 0 Å². The van der Waals surface area contributed by atoms with Crippen molar-refractivity contribution >= 4 is 35.0 Å². The number of ether oxygens (including phenoxy) is 1. The van der Waals surface area contributed by atoms with E-state index in [1.54, 1.807) is 0 Å². The highest BCUT2D eigenvalue weighted by molar-refractivity contribution is 8.03. The maximum atomic E-state index is 6.22. The Morgan fingerprint density at radius 1 is 1.33 bits per heavy atom. The Morgan fingerprint density at radius 3 is 3.11 bits per heavy atom. The fraction of sp³-hybridized carbons (Fsp3) is 0.385. The second-order valence-electron chi connectivity index (χ2n) is 4.36. The van der Waals surface area contributed by atoms with Gasteiger partial charge in [-0.05, 0) is 24.5 Å². The third-order valence-electron chi connectivity index (χ3n) is 3.10. The summed E-state index contributed by atoms with van der Waals surface area (Å²) < 4.78 is 5.77. The molecular formula is C13H13Cl2NOS. The molecule has 2 heterocycles. The molecule has 5 heteroatoms. The van der Waals surface area contributed by atoms with Gasteiger partial charge in [0.15, 0.2) is 5.88 Å². The summed E-state index contributed by atoms with van der Waals surface area (Å²) in [6.45, 7) is 1.57. The van der Waals surface area contributed by atoms with Gasteiger partial charge >= 0.3 is 0 Å².